The van der Waals surface area contributed by atoms with Crippen LogP contribution in [0.15, 0.2) is 12.3 Å². The van der Waals surface area contributed by atoms with Crippen LogP contribution in [0.4, 0.5) is 0 Å². The van der Waals surface area contributed by atoms with Gasteiger partial charge in [-0.25, -0.2) is 0 Å². The molecule has 1 atom stereocenters. The molecule has 16 heavy (non-hydrogen) atoms. The maximum Gasteiger partial charge on any atom is 0.102 e. The Bertz CT molecular complexity index is 332. The van der Waals surface area contributed by atoms with E-state index in [1.807, 2.05) is 17.8 Å². The summed E-state index contributed by atoms with van der Waals surface area (Å²) in [7, 11) is 1.94. The Labute approximate surface area is 95.4 Å². The van der Waals surface area contributed by atoms with E-state index in [0.29, 0.717) is 19.8 Å². The lowest BCUT2D eigenvalue weighted by molar-refractivity contribution is 0.0273. The normalized spacial score (nSPS) is 25.1. The number of aromatic nitrogens is 2. The topological polar surface area (TPSA) is 59.3 Å². The van der Waals surface area contributed by atoms with Crippen LogP contribution in [0.3, 0.4) is 0 Å². The Morgan fingerprint density at radius 1 is 1.69 bits per heavy atom. The molecule has 2 N–H and O–H groups in total. The molecular formula is C11H19N3O2. The van der Waals surface area contributed by atoms with Crippen LogP contribution in [0.1, 0.15) is 12.1 Å². The Morgan fingerprint density at radius 2 is 2.56 bits per heavy atom. The Balaban J connectivity index is 1.67. The van der Waals surface area contributed by atoms with E-state index in [4.69, 9.17) is 4.74 Å². The lowest BCUT2D eigenvalue weighted by Crippen LogP contribution is -2.41. The molecule has 0 aromatic carbocycles. The molecule has 0 bridgehead atoms. The first kappa shape index (κ1) is 11.6. The molecule has 0 spiro atoms. The van der Waals surface area contributed by atoms with Crippen molar-refractivity contribution in [2.75, 3.05) is 26.3 Å². The van der Waals surface area contributed by atoms with Crippen LogP contribution in [0.5, 0.6) is 0 Å². The van der Waals surface area contributed by atoms with Gasteiger partial charge in [0.1, 0.15) is 5.60 Å². The van der Waals surface area contributed by atoms with Crippen LogP contribution >= 0.6 is 0 Å². The van der Waals surface area contributed by atoms with Crippen LogP contribution in [-0.4, -0.2) is 46.8 Å². The van der Waals surface area contributed by atoms with Crippen molar-refractivity contribution in [3.63, 3.8) is 0 Å². The zero-order valence-corrected chi connectivity index (χ0v) is 9.65. The number of nitrogens with one attached hydrogen (secondary N) is 1. The highest BCUT2D eigenvalue weighted by Crippen LogP contribution is 2.16. The first-order valence-corrected chi connectivity index (χ1v) is 5.67. The Kier molecular flexibility index (Phi) is 3.58. The van der Waals surface area contributed by atoms with Crippen LogP contribution in [0.2, 0.25) is 0 Å². The van der Waals surface area contributed by atoms with E-state index in [-0.39, 0.29) is 0 Å². The molecule has 0 aliphatic carbocycles. The van der Waals surface area contributed by atoms with Crippen LogP contribution in [-0.2, 0) is 18.2 Å². The number of aliphatic hydroxyl groups is 1. The fourth-order valence-corrected chi connectivity index (χ4v) is 1.92. The lowest BCUT2D eigenvalue weighted by Gasteiger charge is -2.20. The summed E-state index contributed by atoms with van der Waals surface area (Å²) < 4.78 is 7.05. The minimum Gasteiger partial charge on any atom is -0.386 e. The molecule has 2 heterocycles. The number of rotatable bonds is 5. The van der Waals surface area contributed by atoms with Crippen molar-refractivity contribution < 1.29 is 9.84 Å². The zero-order chi connectivity index (χ0) is 11.4. The molecule has 0 saturated carbocycles. The summed E-state index contributed by atoms with van der Waals surface area (Å²) >= 11 is 0. The molecule has 0 radical (unpaired) electrons. The van der Waals surface area contributed by atoms with Gasteiger partial charge in [0.2, 0.25) is 0 Å². The predicted octanol–water partition coefficient (Wildman–Crippen LogP) is -0.296. The first-order chi connectivity index (χ1) is 7.70. The summed E-state index contributed by atoms with van der Waals surface area (Å²) in [4.78, 5) is 0. The van der Waals surface area contributed by atoms with Crippen molar-refractivity contribution >= 4 is 0 Å². The van der Waals surface area contributed by atoms with Crippen molar-refractivity contribution in [3.8, 4) is 0 Å². The van der Waals surface area contributed by atoms with E-state index in [0.717, 1.165) is 19.4 Å². The number of hydrogen-bond donors (Lipinski definition) is 2. The average Bonchev–Trinajstić information content (AvgIpc) is 2.84. The maximum absolute atomic E-state index is 10.00. The third-order valence-electron chi connectivity index (χ3n) is 3.02. The van der Waals surface area contributed by atoms with Gasteiger partial charge in [-0.2, -0.15) is 5.10 Å². The second-order valence-corrected chi connectivity index (χ2v) is 4.40. The van der Waals surface area contributed by atoms with Crippen LogP contribution in [0.25, 0.3) is 0 Å². The van der Waals surface area contributed by atoms with Gasteiger partial charge in [0.05, 0.1) is 6.61 Å². The molecule has 1 aromatic rings. The van der Waals surface area contributed by atoms with E-state index in [1.165, 1.54) is 5.69 Å². The molecule has 90 valence electrons. The number of aryl methyl sites for hydroxylation is 1. The molecule has 1 fully saturated rings. The maximum atomic E-state index is 10.00. The summed E-state index contributed by atoms with van der Waals surface area (Å²) in [5.74, 6) is 0. The summed E-state index contributed by atoms with van der Waals surface area (Å²) in [6.45, 7) is 2.57. The molecular weight excluding hydrogens is 206 g/mol. The Hall–Kier alpha value is -0.910. The largest absolute Gasteiger partial charge is 0.386 e. The van der Waals surface area contributed by atoms with E-state index in [1.54, 1.807) is 6.20 Å². The molecule has 5 nitrogen and oxygen atoms in total. The van der Waals surface area contributed by atoms with E-state index >= 15 is 0 Å². The van der Waals surface area contributed by atoms with Gasteiger partial charge in [-0.15, -0.1) is 0 Å². The minimum atomic E-state index is -0.660. The van der Waals surface area contributed by atoms with E-state index in [2.05, 4.69) is 10.4 Å². The first-order valence-electron chi connectivity index (χ1n) is 5.67. The molecule has 5 heteroatoms. The van der Waals surface area contributed by atoms with Crippen LogP contribution in [0, 0.1) is 0 Å². The van der Waals surface area contributed by atoms with Crippen molar-refractivity contribution in [3.05, 3.63) is 18.0 Å². The quantitative estimate of drug-likeness (QED) is 0.676. The summed E-state index contributed by atoms with van der Waals surface area (Å²) in [6, 6.07) is 2.01. The third-order valence-corrected chi connectivity index (χ3v) is 3.02. The summed E-state index contributed by atoms with van der Waals surface area (Å²) in [5.41, 5.74) is 0.536. The van der Waals surface area contributed by atoms with E-state index in [9.17, 15) is 5.11 Å². The van der Waals surface area contributed by atoms with Gasteiger partial charge in [-0.1, -0.05) is 0 Å². The van der Waals surface area contributed by atoms with Gasteiger partial charge >= 0.3 is 0 Å². The van der Waals surface area contributed by atoms with Crippen LogP contribution < -0.4 is 5.32 Å². The smallest absolute Gasteiger partial charge is 0.102 e. The van der Waals surface area contributed by atoms with Gasteiger partial charge in [0, 0.05) is 51.5 Å². The second kappa shape index (κ2) is 4.95. The van der Waals surface area contributed by atoms with Gasteiger partial charge in [0.25, 0.3) is 0 Å². The predicted molar refractivity (Wildman–Crippen MR) is 60.2 cm³/mol. The van der Waals surface area contributed by atoms with Gasteiger partial charge < -0.3 is 15.2 Å². The van der Waals surface area contributed by atoms with Crippen molar-refractivity contribution in [2.24, 2.45) is 7.05 Å². The molecule has 1 aromatic heterocycles. The highest BCUT2D eigenvalue weighted by molar-refractivity contribution is 5.00. The molecule has 1 unspecified atom stereocenters. The standard InChI is InChI=1S/C11H19N3O2/c1-14-10(3-6-13-14)2-5-12-8-11(15)4-7-16-9-11/h3,6,12,15H,2,4-5,7-9H2,1H3. The Morgan fingerprint density at radius 3 is 3.19 bits per heavy atom. The SMILES string of the molecule is Cn1nccc1CCNCC1(O)CCOC1. The summed E-state index contributed by atoms with van der Waals surface area (Å²) in [6.07, 6.45) is 3.45. The highest BCUT2D eigenvalue weighted by atomic mass is 16.5. The van der Waals surface area contributed by atoms with Crippen molar-refractivity contribution in [1.82, 2.24) is 15.1 Å². The molecule has 2 rings (SSSR count). The fourth-order valence-electron chi connectivity index (χ4n) is 1.92. The lowest BCUT2D eigenvalue weighted by atomic mass is 10.0. The van der Waals surface area contributed by atoms with Crippen molar-refractivity contribution in [1.29, 1.82) is 0 Å². The van der Waals surface area contributed by atoms with Gasteiger partial charge in [0.15, 0.2) is 0 Å². The molecule has 0 amide bonds. The fraction of sp³-hybridized carbons (Fsp3) is 0.727. The molecule has 1 aliphatic rings. The molecule has 1 saturated heterocycles. The number of ether oxygens (including phenoxy) is 1. The van der Waals surface area contributed by atoms with Gasteiger partial charge in [-0.3, -0.25) is 4.68 Å². The van der Waals surface area contributed by atoms with E-state index < -0.39 is 5.60 Å². The molecule has 1 aliphatic heterocycles. The minimum absolute atomic E-state index is 0.450. The third kappa shape index (κ3) is 2.81. The van der Waals surface area contributed by atoms with Crippen molar-refractivity contribution in [2.45, 2.75) is 18.4 Å². The average molecular weight is 225 g/mol. The highest BCUT2D eigenvalue weighted by Gasteiger charge is 2.31. The van der Waals surface area contributed by atoms with Gasteiger partial charge in [-0.05, 0) is 6.07 Å². The zero-order valence-electron chi connectivity index (χ0n) is 9.65. The second-order valence-electron chi connectivity index (χ2n) is 4.40. The summed E-state index contributed by atoms with van der Waals surface area (Å²) in [5, 5.41) is 17.4. The number of nitrogens with zero attached hydrogens (tertiary/aromatic N) is 2. The number of hydrogen-bond acceptors (Lipinski definition) is 4. The monoisotopic (exact) mass is 225 g/mol.